The van der Waals surface area contributed by atoms with E-state index < -0.39 is 0 Å². The lowest BCUT2D eigenvalue weighted by Gasteiger charge is -2.33. The molecule has 0 aliphatic carbocycles. The smallest absolute Gasteiger partial charge is 0.253 e. The Labute approximate surface area is 148 Å². The number of hydrogen-bond donors (Lipinski definition) is 1. The summed E-state index contributed by atoms with van der Waals surface area (Å²) in [5.74, 6) is 3.13. The number of nitrogens with zero attached hydrogens (tertiary/aromatic N) is 1. The van der Waals surface area contributed by atoms with E-state index in [-0.39, 0.29) is 17.9 Å². The molecular formula is C19H26N2O2S. The van der Waals surface area contributed by atoms with E-state index in [9.17, 15) is 9.59 Å². The third-order valence-electron chi connectivity index (χ3n) is 4.91. The number of carbonyl (C=O) groups is 2. The van der Waals surface area contributed by atoms with Crippen LogP contribution in [-0.4, -0.2) is 47.4 Å². The number of hydrogen-bond acceptors (Lipinski definition) is 3. The molecule has 0 radical (unpaired) electrons. The SMILES string of the molecule is O=C(CC1CCSCC1)NC1CCCN(C(=O)c2ccccc2)C1. The Morgan fingerprint density at radius 1 is 1.12 bits per heavy atom. The minimum absolute atomic E-state index is 0.0684. The Morgan fingerprint density at radius 3 is 2.62 bits per heavy atom. The fourth-order valence-electron chi connectivity index (χ4n) is 3.54. The van der Waals surface area contributed by atoms with Gasteiger partial charge in [0.15, 0.2) is 0 Å². The van der Waals surface area contributed by atoms with Crippen molar-refractivity contribution in [1.82, 2.24) is 10.2 Å². The molecule has 2 amide bonds. The van der Waals surface area contributed by atoms with Crippen LogP contribution in [0.1, 0.15) is 42.5 Å². The first-order valence-electron chi connectivity index (χ1n) is 8.94. The van der Waals surface area contributed by atoms with Crippen LogP contribution < -0.4 is 5.32 Å². The fourth-order valence-corrected chi connectivity index (χ4v) is 4.75. The van der Waals surface area contributed by atoms with Crippen molar-refractivity contribution in [3.8, 4) is 0 Å². The highest BCUT2D eigenvalue weighted by molar-refractivity contribution is 7.99. The van der Waals surface area contributed by atoms with Crippen LogP contribution in [0, 0.1) is 5.92 Å². The summed E-state index contributed by atoms with van der Waals surface area (Å²) in [6, 6.07) is 9.49. The quantitative estimate of drug-likeness (QED) is 0.912. The molecule has 1 unspecified atom stereocenters. The van der Waals surface area contributed by atoms with Crippen molar-refractivity contribution in [1.29, 1.82) is 0 Å². The zero-order valence-electron chi connectivity index (χ0n) is 14.1. The molecule has 5 heteroatoms. The molecule has 2 heterocycles. The first-order valence-corrected chi connectivity index (χ1v) is 10.1. The summed E-state index contributed by atoms with van der Waals surface area (Å²) >= 11 is 1.99. The molecule has 0 bridgehead atoms. The van der Waals surface area contributed by atoms with Gasteiger partial charge in [-0.2, -0.15) is 11.8 Å². The van der Waals surface area contributed by atoms with E-state index in [4.69, 9.17) is 0 Å². The molecule has 1 N–H and O–H groups in total. The second-order valence-corrected chi connectivity index (χ2v) is 8.01. The lowest BCUT2D eigenvalue weighted by atomic mass is 9.97. The van der Waals surface area contributed by atoms with Crippen molar-refractivity contribution in [3.05, 3.63) is 35.9 Å². The number of thioether (sulfide) groups is 1. The van der Waals surface area contributed by atoms with E-state index in [0.717, 1.165) is 37.8 Å². The average molecular weight is 346 g/mol. The highest BCUT2D eigenvalue weighted by atomic mass is 32.2. The maximum Gasteiger partial charge on any atom is 0.253 e. The molecule has 0 saturated carbocycles. The van der Waals surface area contributed by atoms with Crippen molar-refractivity contribution in [2.24, 2.45) is 5.92 Å². The van der Waals surface area contributed by atoms with Crippen LogP contribution in [0.4, 0.5) is 0 Å². The van der Waals surface area contributed by atoms with Crippen molar-refractivity contribution >= 4 is 23.6 Å². The predicted octanol–water partition coefficient (Wildman–Crippen LogP) is 2.94. The molecule has 1 aromatic carbocycles. The number of likely N-dealkylation sites (tertiary alicyclic amines) is 1. The van der Waals surface area contributed by atoms with E-state index in [0.29, 0.717) is 18.9 Å². The summed E-state index contributed by atoms with van der Waals surface area (Å²) in [5.41, 5.74) is 0.726. The van der Waals surface area contributed by atoms with Gasteiger partial charge >= 0.3 is 0 Å². The van der Waals surface area contributed by atoms with Gasteiger partial charge in [0, 0.05) is 31.1 Å². The zero-order chi connectivity index (χ0) is 16.8. The second kappa shape index (κ2) is 8.56. The maximum absolute atomic E-state index is 12.6. The molecular weight excluding hydrogens is 320 g/mol. The fraction of sp³-hybridized carbons (Fsp3) is 0.579. The molecule has 2 aliphatic heterocycles. The number of carbonyl (C=O) groups excluding carboxylic acids is 2. The van der Waals surface area contributed by atoms with Gasteiger partial charge < -0.3 is 10.2 Å². The number of piperidine rings is 1. The van der Waals surface area contributed by atoms with E-state index in [1.54, 1.807) is 0 Å². The number of amides is 2. The van der Waals surface area contributed by atoms with Crippen molar-refractivity contribution in [3.63, 3.8) is 0 Å². The van der Waals surface area contributed by atoms with Crippen LogP contribution >= 0.6 is 11.8 Å². The molecule has 4 nitrogen and oxygen atoms in total. The van der Waals surface area contributed by atoms with Gasteiger partial charge in [-0.25, -0.2) is 0 Å². The van der Waals surface area contributed by atoms with Gasteiger partial charge in [-0.1, -0.05) is 18.2 Å². The van der Waals surface area contributed by atoms with Crippen molar-refractivity contribution in [2.75, 3.05) is 24.6 Å². The maximum atomic E-state index is 12.6. The minimum atomic E-state index is 0.0684. The van der Waals surface area contributed by atoms with Crippen LogP contribution in [0.15, 0.2) is 30.3 Å². The molecule has 1 aromatic rings. The summed E-state index contributed by atoms with van der Waals surface area (Å²) in [6.45, 7) is 1.40. The highest BCUT2D eigenvalue weighted by Gasteiger charge is 2.26. The molecule has 2 fully saturated rings. The monoisotopic (exact) mass is 346 g/mol. The lowest BCUT2D eigenvalue weighted by molar-refractivity contribution is -0.123. The molecule has 0 spiro atoms. The summed E-state index contributed by atoms with van der Waals surface area (Å²) in [5, 5.41) is 3.16. The number of nitrogens with one attached hydrogen (secondary N) is 1. The van der Waals surface area contributed by atoms with Gasteiger partial charge in [0.1, 0.15) is 0 Å². The second-order valence-electron chi connectivity index (χ2n) is 6.78. The van der Waals surface area contributed by atoms with Crippen LogP contribution in [0.25, 0.3) is 0 Å². The molecule has 24 heavy (non-hydrogen) atoms. The Bertz CT molecular complexity index is 558. The van der Waals surface area contributed by atoms with Crippen LogP contribution in [0.2, 0.25) is 0 Å². The molecule has 0 aromatic heterocycles. The Kier molecular flexibility index (Phi) is 6.18. The Hall–Kier alpha value is -1.49. The minimum Gasteiger partial charge on any atom is -0.352 e. The summed E-state index contributed by atoms with van der Waals surface area (Å²) in [4.78, 5) is 26.7. The van der Waals surface area contributed by atoms with E-state index >= 15 is 0 Å². The largest absolute Gasteiger partial charge is 0.352 e. The predicted molar refractivity (Wildman–Crippen MR) is 98.2 cm³/mol. The first kappa shape index (κ1) is 17.3. The Morgan fingerprint density at radius 2 is 1.88 bits per heavy atom. The third kappa shape index (κ3) is 4.76. The summed E-state index contributed by atoms with van der Waals surface area (Å²) in [7, 11) is 0. The van der Waals surface area contributed by atoms with Crippen molar-refractivity contribution in [2.45, 2.75) is 38.1 Å². The van der Waals surface area contributed by atoms with E-state index in [2.05, 4.69) is 5.32 Å². The van der Waals surface area contributed by atoms with Crippen LogP contribution in [0.3, 0.4) is 0 Å². The number of rotatable bonds is 4. The molecule has 2 aliphatic rings. The van der Waals surface area contributed by atoms with E-state index in [1.165, 1.54) is 11.5 Å². The van der Waals surface area contributed by atoms with Crippen LogP contribution in [0.5, 0.6) is 0 Å². The molecule has 1 atom stereocenters. The molecule has 130 valence electrons. The number of benzene rings is 1. The zero-order valence-corrected chi connectivity index (χ0v) is 14.9. The standard InChI is InChI=1S/C19H26N2O2S/c22-18(13-15-8-11-24-12-9-15)20-17-7-4-10-21(14-17)19(23)16-5-2-1-3-6-16/h1-3,5-6,15,17H,4,7-14H2,(H,20,22). The van der Waals surface area contributed by atoms with Crippen LogP contribution in [-0.2, 0) is 4.79 Å². The van der Waals surface area contributed by atoms with Gasteiger partial charge in [-0.3, -0.25) is 9.59 Å². The van der Waals surface area contributed by atoms with Crippen molar-refractivity contribution < 1.29 is 9.59 Å². The van der Waals surface area contributed by atoms with Gasteiger partial charge in [-0.05, 0) is 55.2 Å². The topological polar surface area (TPSA) is 49.4 Å². The highest BCUT2D eigenvalue weighted by Crippen LogP contribution is 2.25. The average Bonchev–Trinajstić information content (AvgIpc) is 2.63. The Balaban J connectivity index is 1.50. The van der Waals surface area contributed by atoms with Gasteiger partial charge in [0.25, 0.3) is 5.91 Å². The molecule has 3 rings (SSSR count). The first-order chi connectivity index (χ1) is 11.7. The van der Waals surface area contributed by atoms with Gasteiger partial charge in [-0.15, -0.1) is 0 Å². The normalized spacial score (nSPS) is 22.2. The summed E-state index contributed by atoms with van der Waals surface area (Å²) in [6.07, 6.45) is 4.86. The molecule has 2 saturated heterocycles. The summed E-state index contributed by atoms with van der Waals surface area (Å²) < 4.78 is 0. The van der Waals surface area contributed by atoms with E-state index in [1.807, 2.05) is 47.0 Å². The van der Waals surface area contributed by atoms with Gasteiger partial charge in [0.2, 0.25) is 5.91 Å². The lowest BCUT2D eigenvalue weighted by Crippen LogP contribution is -2.49. The van der Waals surface area contributed by atoms with Gasteiger partial charge in [0.05, 0.1) is 0 Å². The third-order valence-corrected chi connectivity index (χ3v) is 5.96.